The molecule has 0 heterocycles. The number of amides is 1. The van der Waals surface area contributed by atoms with Gasteiger partial charge in [-0.1, -0.05) is 23.8 Å². The molecular weight excluding hydrogens is 232 g/mol. The van der Waals surface area contributed by atoms with Crippen LogP contribution in [0.25, 0.3) is 0 Å². The molecule has 0 aromatic heterocycles. The Hall–Kier alpha value is -2.17. The number of nitrogens with one attached hydrogen (secondary N) is 1. The molecular formula is C13H16N2O3. The number of allylic oxidation sites excluding steroid dienone is 1. The van der Waals surface area contributed by atoms with Gasteiger partial charge in [-0.25, -0.2) is 0 Å². The second-order valence-corrected chi connectivity index (χ2v) is 4.22. The van der Waals surface area contributed by atoms with Crippen LogP contribution >= 0.6 is 0 Å². The maximum atomic E-state index is 11.9. The van der Waals surface area contributed by atoms with E-state index in [0.29, 0.717) is 12.1 Å². The molecule has 18 heavy (non-hydrogen) atoms. The fourth-order valence-corrected chi connectivity index (χ4v) is 1.54. The van der Waals surface area contributed by atoms with Crippen molar-refractivity contribution in [2.75, 3.05) is 6.54 Å². The number of hydrogen-bond donors (Lipinski definition) is 1. The summed E-state index contributed by atoms with van der Waals surface area (Å²) in [7, 11) is 0. The van der Waals surface area contributed by atoms with E-state index in [1.807, 2.05) is 19.9 Å². The molecule has 5 heteroatoms. The molecule has 1 rings (SSSR count). The van der Waals surface area contributed by atoms with Crippen molar-refractivity contribution in [3.8, 4) is 0 Å². The first kappa shape index (κ1) is 13.9. The smallest absolute Gasteiger partial charge is 0.282 e. The lowest BCUT2D eigenvalue weighted by molar-refractivity contribution is -0.385. The van der Waals surface area contributed by atoms with E-state index in [4.69, 9.17) is 0 Å². The molecule has 0 radical (unpaired) electrons. The molecule has 0 saturated heterocycles. The fourth-order valence-electron chi connectivity index (χ4n) is 1.54. The fraction of sp³-hybridized carbons (Fsp3) is 0.308. The highest BCUT2D eigenvalue weighted by atomic mass is 16.6. The zero-order chi connectivity index (χ0) is 13.7. The predicted molar refractivity (Wildman–Crippen MR) is 69.6 cm³/mol. The van der Waals surface area contributed by atoms with E-state index in [1.165, 1.54) is 6.07 Å². The molecule has 0 spiro atoms. The molecule has 0 fully saturated rings. The van der Waals surface area contributed by atoms with Crippen molar-refractivity contribution in [2.24, 2.45) is 0 Å². The third-order valence-electron chi connectivity index (χ3n) is 2.45. The number of hydrogen-bond acceptors (Lipinski definition) is 3. The Kier molecular flexibility index (Phi) is 4.59. The first-order valence-corrected chi connectivity index (χ1v) is 5.59. The number of rotatable bonds is 4. The molecule has 0 saturated carbocycles. The van der Waals surface area contributed by atoms with Gasteiger partial charge in [0.1, 0.15) is 5.56 Å². The van der Waals surface area contributed by atoms with Gasteiger partial charge in [-0.05, 0) is 26.3 Å². The molecule has 0 atom stereocenters. The van der Waals surface area contributed by atoms with E-state index >= 15 is 0 Å². The first-order valence-electron chi connectivity index (χ1n) is 5.59. The van der Waals surface area contributed by atoms with Crippen LogP contribution in [0, 0.1) is 17.0 Å². The Labute approximate surface area is 106 Å². The van der Waals surface area contributed by atoms with Gasteiger partial charge in [0.15, 0.2) is 0 Å². The Balaban J connectivity index is 2.98. The van der Waals surface area contributed by atoms with Crippen LogP contribution in [0.4, 0.5) is 5.69 Å². The van der Waals surface area contributed by atoms with Gasteiger partial charge in [-0.15, -0.1) is 0 Å². The molecule has 1 amide bonds. The van der Waals surface area contributed by atoms with Gasteiger partial charge in [0, 0.05) is 12.6 Å². The van der Waals surface area contributed by atoms with Gasteiger partial charge in [0.25, 0.3) is 11.6 Å². The lowest BCUT2D eigenvalue weighted by Gasteiger charge is -2.06. The Morgan fingerprint density at radius 1 is 1.44 bits per heavy atom. The summed E-state index contributed by atoms with van der Waals surface area (Å²) in [6, 6.07) is 4.59. The average Bonchev–Trinajstić information content (AvgIpc) is 2.27. The maximum absolute atomic E-state index is 11.9. The van der Waals surface area contributed by atoms with Crippen LogP contribution < -0.4 is 5.32 Å². The van der Waals surface area contributed by atoms with Crippen LogP contribution in [0.1, 0.15) is 29.8 Å². The summed E-state index contributed by atoms with van der Waals surface area (Å²) in [6.07, 6.45) is 1.85. The van der Waals surface area contributed by atoms with Gasteiger partial charge in [-0.3, -0.25) is 14.9 Å². The minimum atomic E-state index is -0.539. The summed E-state index contributed by atoms with van der Waals surface area (Å²) in [6.45, 7) is 5.89. The van der Waals surface area contributed by atoms with Crippen molar-refractivity contribution in [3.05, 3.63) is 51.1 Å². The molecule has 96 valence electrons. The third kappa shape index (κ3) is 3.41. The Morgan fingerprint density at radius 3 is 2.67 bits per heavy atom. The standard InChI is InChI=1S/C13H16N2O3/c1-9(2)7-8-14-13(16)12-10(3)5-4-6-11(12)15(17)18/h4-7H,8H2,1-3H3,(H,14,16). The van der Waals surface area contributed by atoms with E-state index in [2.05, 4.69) is 5.32 Å². The largest absolute Gasteiger partial charge is 0.348 e. The van der Waals surface area contributed by atoms with Crippen LogP contribution in [0.2, 0.25) is 0 Å². The second kappa shape index (κ2) is 5.95. The Morgan fingerprint density at radius 2 is 2.11 bits per heavy atom. The van der Waals surface area contributed by atoms with Crippen LogP contribution in [-0.2, 0) is 0 Å². The van der Waals surface area contributed by atoms with E-state index in [1.54, 1.807) is 19.1 Å². The van der Waals surface area contributed by atoms with E-state index in [-0.39, 0.29) is 11.3 Å². The van der Waals surface area contributed by atoms with E-state index < -0.39 is 10.8 Å². The van der Waals surface area contributed by atoms with Gasteiger partial charge < -0.3 is 5.32 Å². The highest BCUT2D eigenvalue weighted by Crippen LogP contribution is 2.21. The zero-order valence-corrected chi connectivity index (χ0v) is 10.7. The number of nitro groups is 1. The SMILES string of the molecule is CC(C)=CCNC(=O)c1c(C)cccc1[N+](=O)[O-]. The number of nitrogens with zero attached hydrogens (tertiary/aromatic N) is 1. The number of aryl methyl sites for hydroxylation is 1. The lowest BCUT2D eigenvalue weighted by atomic mass is 10.1. The van der Waals surface area contributed by atoms with Gasteiger partial charge in [0.2, 0.25) is 0 Å². The summed E-state index contributed by atoms with van der Waals surface area (Å²) in [5.74, 6) is -0.419. The molecule has 1 N–H and O–H groups in total. The monoisotopic (exact) mass is 248 g/mol. The molecule has 1 aromatic carbocycles. The predicted octanol–water partition coefficient (Wildman–Crippen LogP) is 2.60. The minimum Gasteiger partial charge on any atom is -0.348 e. The molecule has 1 aromatic rings. The van der Waals surface area contributed by atoms with Crippen LogP contribution in [0.3, 0.4) is 0 Å². The summed E-state index contributed by atoms with van der Waals surface area (Å²) >= 11 is 0. The lowest BCUT2D eigenvalue weighted by Crippen LogP contribution is -2.25. The number of benzene rings is 1. The molecule has 5 nitrogen and oxygen atoms in total. The molecule has 0 aliphatic rings. The van der Waals surface area contributed by atoms with Crippen LogP contribution in [-0.4, -0.2) is 17.4 Å². The van der Waals surface area contributed by atoms with Gasteiger partial charge in [0.05, 0.1) is 4.92 Å². The summed E-state index contributed by atoms with van der Waals surface area (Å²) in [5, 5.41) is 13.5. The highest BCUT2D eigenvalue weighted by Gasteiger charge is 2.21. The summed E-state index contributed by atoms with van der Waals surface area (Å²) in [5.41, 5.74) is 1.64. The quantitative estimate of drug-likeness (QED) is 0.505. The summed E-state index contributed by atoms with van der Waals surface area (Å²) in [4.78, 5) is 22.3. The second-order valence-electron chi connectivity index (χ2n) is 4.22. The van der Waals surface area contributed by atoms with Crippen molar-refractivity contribution in [1.82, 2.24) is 5.32 Å². The van der Waals surface area contributed by atoms with Crippen molar-refractivity contribution >= 4 is 11.6 Å². The molecule has 0 aliphatic carbocycles. The Bertz CT molecular complexity index is 503. The molecule has 0 aliphatic heterocycles. The summed E-state index contributed by atoms with van der Waals surface area (Å²) < 4.78 is 0. The van der Waals surface area contributed by atoms with Crippen LogP contribution in [0.5, 0.6) is 0 Å². The zero-order valence-electron chi connectivity index (χ0n) is 10.7. The van der Waals surface area contributed by atoms with Crippen molar-refractivity contribution < 1.29 is 9.72 Å². The van der Waals surface area contributed by atoms with Crippen molar-refractivity contribution in [1.29, 1.82) is 0 Å². The van der Waals surface area contributed by atoms with Crippen molar-refractivity contribution in [2.45, 2.75) is 20.8 Å². The third-order valence-corrected chi connectivity index (χ3v) is 2.45. The first-order chi connectivity index (χ1) is 8.43. The number of nitro benzene ring substituents is 1. The average molecular weight is 248 g/mol. The maximum Gasteiger partial charge on any atom is 0.282 e. The normalized spacial score (nSPS) is 9.72. The van der Waals surface area contributed by atoms with Crippen molar-refractivity contribution in [3.63, 3.8) is 0 Å². The number of carbonyl (C=O) groups is 1. The molecule has 0 bridgehead atoms. The van der Waals surface area contributed by atoms with E-state index in [0.717, 1.165) is 5.57 Å². The van der Waals surface area contributed by atoms with Gasteiger partial charge >= 0.3 is 0 Å². The topological polar surface area (TPSA) is 72.2 Å². The van der Waals surface area contributed by atoms with Crippen LogP contribution in [0.15, 0.2) is 29.8 Å². The van der Waals surface area contributed by atoms with Gasteiger partial charge in [-0.2, -0.15) is 0 Å². The minimum absolute atomic E-state index is 0.129. The number of carbonyl (C=O) groups excluding carboxylic acids is 1. The highest BCUT2D eigenvalue weighted by molar-refractivity contribution is 5.99. The molecule has 0 unspecified atom stereocenters. The van der Waals surface area contributed by atoms with E-state index in [9.17, 15) is 14.9 Å².